The Morgan fingerprint density at radius 1 is 1.21 bits per heavy atom. The van der Waals surface area contributed by atoms with E-state index in [0.717, 1.165) is 11.3 Å². The summed E-state index contributed by atoms with van der Waals surface area (Å²) < 4.78 is 11.3. The van der Waals surface area contributed by atoms with Gasteiger partial charge < -0.3 is 14.7 Å². The zero-order valence-electron chi connectivity index (χ0n) is 12.3. The Labute approximate surface area is 140 Å². The Hall–Kier alpha value is -3.13. The van der Waals surface area contributed by atoms with Gasteiger partial charge in [0.05, 0.1) is 11.3 Å². The fraction of sp³-hybridized carbons (Fsp3) is 0.0625. The molecule has 1 N–H and O–H groups in total. The average molecular weight is 341 g/mol. The quantitative estimate of drug-likeness (QED) is 0.584. The number of anilines is 1. The van der Waals surface area contributed by atoms with E-state index in [-0.39, 0.29) is 12.7 Å². The Morgan fingerprint density at radius 3 is 2.83 bits per heavy atom. The molecule has 1 amide bonds. The van der Waals surface area contributed by atoms with Crippen LogP contribution in [0, 0.1) is 5.21 Å². The van der Waals surface area contributed by atoms with Crippen LogP contribution >= 0.6 is 11.3 Å². The molecule has 3 heterocycles. The van der Waals surface area contributed by atoms with Crippen LogP contribution in [-0.2, 0) is 0 Å². The second-order valence-corrected chi connectivity index (χ2v) is 5.86. The van der Waals surface area contributed by atoms with Gasteiger partial charge in [-0.25, -0.2) is 4.98 Å². The molecular formula is C16H11N3O4S. The lowest BCUT2D eigenvalue weighted by molar-refractivity contribution is -0.605. The molecule has 24 heavy (non-hydrogen) atoms. The monoisotopic (exact) mass is 341 g/mol. The minimum atomic E-state index is -0.317. The SMILES string of the molecule is O=C(Nc1nc(-c2ccc3c(c2)OCO3)cs1)c1cc[n+]([O-])cc1. The van der Waals surface area contributed by atoms with E-state index in [1.807, 2.05) is 23.6 Å². The maximum atomic E-state index is 12.1. The molecule has 1 aliphatic rings. The van der Waals surface area contributed by atoms with E-state index in [2.05, 4.69) is 10.3 Å². The van der Waals surface area contributed by atoms with Gasteiger partial charge in [-0.15, -0.1) is 11.3 Å². The first-order valence-corrected chi connectivity index (χ1v) is 7.93. The molecule has 2 aromatic heterocycles. The number of carbonyl (C=O) groups is 1. The Kier molecular flexibility index (Phi) is 3.51. The third kappa shape index (κ3) is 2.74. The molecule has 1 aliphatic heterocycles. The third-order valence-electron chi connectivity index (χ3n) is 3.46. The second-order valence-electron chi connectivity index (χ2n) is 5.01. The van der Waals surface area contributed by atoms with E-state index in [1.165, 1.54) is 35.9 Å². The number of benzene rings is 1. The largest absolute Gasteiger partial charge is 0.619 e. The Bertz CT molecular complexity index is 908. The topological polar surface area (TPSA) is 87.4 Å². The summed E-state index contributed by atoms with van der Waals surface area (Å²) in [5.74, 6) is 1.07. The summed E-state index contributed by atoms with van der Waals surface area (Å²) in [6, 6.07) is 8.48. The van der Waals surface area contributed by atoms with Gasteiger partial charge in [-0.1, -0.05) is 0 Å². The first kappa shape index (κ1) is 14.5. The third-order valence-corrected chi connectivity index (χ3v) is 4.21. The molecule has 120 valence electrons. The molecule has 0 fully saturated rings. The minimum Gasteiger partial charge on any atom is -0.619 e. The average Bonchev–Trinajstić information content (AvgIpc) is 3.23. The molecule has 0 aliphatic carbocycles. The van der Waals surface area contributed by atoms with Gasteiger partial charge in [-0.2, -0.15) is 4.73 Å². The molecule has 1 aromatic carbocycles. The lowest BCUT2D eigenvalue weighted by atomic mass is 10.1. The summed E-state index contributed by atoms with van der Waals surface area (Å²) in [6.45, 7) is 0.220. The number of pyridine rings is 1. The number of nitrogens with one attached hydrogen (secondary N) is 1. The lowest BCUT2D eigenvalue weighted by Crippen LogP contribution is -2.25. The predicted molar refractivity (Wildman–Crippen MR) is 87.0 cm³/mol. The number of hydrogen-bond donors (Lipinski definition) is 1. The number of amides is 1. The molecule has 3 aromatic rings. The minimum absolute atomic E-state index is 0.220. The molecule has 0 unspecified atom stereocenters. The Balaban J connectivity index is 1.52. The number of thiazole rings is 1. The zero-order valence-corrected chi connectivity index (χ0v) is 13.1. The number of fused-ring (bicyclic) bond motifs is 1. The number of hydrogen-bond acceptors (Lipinski definition) is 6. The second kappa shape index (κ2) is 5.82. The van der Waals surface area contributed by atoms with Crippen LogP contribution in [0.1, 0.15) is 10.4 Å². The molecule has 0 radical (unpaired) electrons. The van der Waals surface area contributed by atoms with Crippen LogP contribution < -0.4 is 19.5 Å². The van der Waals surface area contributed by atoms with Crippen molar-refractivity contribution in [2.24, 2.45) is 0 Å². The number of ether oxygens (including phenoxy) is 2. The van der Waals surface area contributed by atoms with Crippen molar-refractivity contribution in [1.82, 2.24) is 4.98 Å². The van der Waals surface area contributed by atoms with Crippen molar-refractivity contribution in [2.45, 2.75) is 0 Å². The van der Waals surface area contributed by atoms with E-state index in [9.17, 15) is 10.0 Å². The van der Waals surface area contributed by atoms with Gasteiger partial charge in [0.15, 0.2) is 29.0 Å². The van der Waals surface area contributed by atoms with Crippen LogP contribution in [-0.4, -0.2) is 17.7 Å². The van der Waals surface area contributed by atoms with Gasteiger partial charge in [-0.05, 0) is 18.2 Å². The van der Waals surface area contributed by atoms with E-state index < -0.39 is 0 Å². The van der Waals surface area contributed by atoms with E-state index in [0.29, 0.717) is 26.9 Å². The summed E-state index contributed by atoms with van der Waals surface area (Å²) >= 11 is 1.32. The van der Waals surface area contributed by atoms with Gasteiger partial charge in [-0.3, -0.25) is 10.1 Å². The van der Waals surface area contributed by atoms with Crippen LogP contribution in [0.2, 0.25) is 0 Å². The van der Waals surface area contributed by atoms with Crippen molar-refractivity contribution >= 4 is 22.4 Å². The number of rotatable bonds is 3. The van der Waals surface area contributed by atoms with Crippen molar-refractivity contribution in [3.05, 3.63) is 58.9 Å². The van der Waals surface area contributed by atoms with Gasteiger partial charge in [0.2, 0.25) is 6.79 Å². The van der Waals surface area contributed by atoms with Crippen LogP contribution in [0.3, 0.4) is 0 Å². The molecule has 0 saturated carbocycles. The van der Waals surface area contributed by atoms with Crippen molar-refractivity contribution in [1.29, 1.82) is 0 Å². The van der Waals surface area contributed by atoms with E-state index >= 15 is 0 Å². The summed E-state index contributed by atoms with van der Waals surface area (Å²) in [5, 5.41) is 16.0. The van der Waals surface area contributed by atoms with Crippen LogP contribution in [0.25, 0.3) is 11.3 Å². The van der Waals surface area contributed by atoms with Crippen molar-refractivity contribution in [3.63, 3.8) is 0 Å². The molecule has 0 saturated heterocycles. The molecule has 8 heteroatoms. The molecule has 0 spiro atoms. The molecule has 7 nitrogen and oxygen atoms in total. The maximum absolute atomic E-state index is 12.1. The first-order valence-electron chi connectivity index (χ1n) is 7.05. The molecule has 4 rings (SSSR count). The van der Waals surface area contributed by atoms with Gasteiger partial charge >= 0.3 is 0 Å². The van der Waals surface area contributed by atoms with Crippen molar-refractivity contribution < 1.29 is 19.0 Å². The summed E-state index contributed by atoms with van der Waals surface area (Å²) in [7, 11) is 0. The zero-order chi connectivity index (χ0) is 16.5. The normalized spacial score (nSPS) is 12.2. The van der Waals surface area contributed by atoms with Crippen LogP contribution in [0.4, 0.5) is 5.13 Å². The fourth-order valence-electron chi connectivity index (χ4n) is 2.25. The highest BCUT2D eigenvalue weighted by Crippen LogP contribution is 2.36. The highest BCUT2D eigenvalue weighted by Gasteiger charge is 2.16. The first-order chi connectivity index (χ1) is 11.7. The fourth-order valence-corrected chi connectivity index (χ4v) is 2.97. The molecule has 0 atom stereocenters. The summed E-state index contributed by atoms with van der Waals surface area (Å²) in [4.78, 5) is 16.5. The van der Waals surface area contributed by atoms with Crippen LogP contribution in [0.5, 0.6) is 11.5 Å². The highest BCUT2D eigenvalue weighted by molar-refractivity contribution is 7.14. The number of nitrogens with zero attached hydrogens (tertiary/aromatic N) is 2. The summed E-state index contributed by atoms with van der Waals surface area (Å²) in [5.41, 5.74) is 2.00. The maximum Gasteiger partial charge on any atom is 0.257 e. The standard InChI is InChI=1S/C16H11N3O4S/c20-15(10-3-5-19(21)6-4-10)18-16-17-12(8-24-16)11-1-2-13-14(7-11)23-9-22-13/h1-8H,9H2,(H,17,18,20). The van der Waals surface area contributed by atoms with Gasteiger partial charge in [0.1, 0.15) is 0 Å². The number of aromatic nitrogens is 2. The van der Waals surface area contributed by atoms with Crippen molar-refractivity contribution in [2.75, 3.05) is 12.1 Å². The highest BCUT2D eigenvalue weighted by atomic mass is 32.1. The lowest BCUT2D eigenvalue weighted by Gasteiger charge is -2.02. The predicted octanol–water partition coefficient (Wildman–Crippen LogP) is 2.42. The Morgan fingerprint density at radius 2 is 2.00 bits per heavy atom. The number of carbonyl (C=O) groups excluding carboxylic acids is 1. The molecular weight excluding hydrogens is 330 g/mol. The summed E-state index contributed by atoms with van der Waals surface area (Å²) in [6.07, 6.45) is 2.55. The van der Waals surface area contributed by atoms with Gasteiger partial charge in [0, 0.05) is 23.1 Å². The van der Waals surface area contributed by atoms with Crippen molar-refractivity contribution in [3.8, 4) is 22.8 Å². The van der Waals surface area contributed by atoms with Crippen LogP contribution in [0.15, 0.2) is 48.1 Å². The van der Waals surface area contributed by atoms with Gasteiger partial charge in [0.25, 0.3) is 5.91 Å². The van der Waals surface area contributed by atoms with E-state index in [4.69, 9.17) is 9.47 Å². The van der Waals surface area contributed by atoms with E-state index in [1.54, 1.807) is 0 Å². The molecule has 0 bridgehead atoms. The smallest absolute Gasteiger partial charge is 0.257 e.